The van der Waals surface area contributed by atoms with Crippen molar-refractivity contribution in [3.05, 3.63) is 42.1 Å². The molecule has 0 saturated carbocycles. The first-order valence-corrected chi connectivity index (χ1v) is 6.76. The minimum absolute atomic E-state index is 0.285. The molecule has 2 rings (SSSR count). The molecule has 102 valence electrons. The van der Waals surface area contributed by atoms with E-state index >= 15 is 0 Å². The van der Waals surface area contributed by atoms with Gasteiger partial charge in [-0.15, -0.1) is 12.3 Å². The van der Waals surface area contributed by atoms with Crippen LogP contribution in [-0.2, 0) is 4.74 Å². The van der Waals surface area contributed by atoms with Gasteiger partial charge in [-0.2, -0.15) is 0 Å². The Morgan fingerprint density at radius 1 is 1.25 bits per heavy atom. The molecule has 1 aromatic heterocycles. The van der Waals surface area contributed by atoms with Crippen LogP contribution in [0.25, 0.3) is 10.9 Å². The average Bonchev–Trinajstić information content (AvgIpc) is 2.50. The summed E-state index contributed by atoms with van der Waals surface area (Å²) in [4.78, 5) is 16.1. The van der Waals surface area contributed by atoms with E-state index in [9.17, 15) is 4.79 Å². The molecule has 1 aromatic carbocycles. The SMILES string of the molecule is C#CCCCCCOC(=O)c1ccc2ncccc2c1. The molecule has 3 heteroatoms. The van der Waals surface area contributed by atoms with Crippen molar-refractivity contribution in [1.82, 2.24) is 4.98 Å². The maximum absolute atomic E-state index is 11.9. The first-order valence-electron chi connectivity index (χ1n) is 6.76. The van der Waals surface area contributed by atoms with Gasteiger partial charge in [-0.25, -0.2) is 4.79 Å². The number of esters is 1. The Hall–Kier alpha value is -2.34. The number of rotatable bonds is 6. The molecule has 2 aromatic rings. The normalized spacial score (nSPS) is 10.2. The lowest BCUT2D eigenvalue weighted by Crippen LogP contribution is -2.06. The quantitative estimate of drug-likeness (QED) is 0.456. The van der Waals surface area contributed by atoms with Crippen molar-refractivity contribution in [3.8, 4) is 12.3 Å². The van der Waals surface area contributed by atoms with Crippen LogP contribution in [0.3, 0.4) is 0 Å². The van der Waals surface area contributed by atoms with Gasteiger partial charge in [-0.1, -0.05) is 6.07 Å². The van der Waals surface area contributed by atoms with E-state index < -0.39 is 0 Å². The van der Waals surface area contributed by atoms with Crippen LogP contribution in [0.4, 0.5) is 0 Å². The van der Waals surface area contributed by atoms with Crippen LogP contribution in [0.15, 0.2) is 36.5 Å². The third-order valence-electron chi connectivity index (χ3n) is 3.04. The second-order valence-electron chi connectivity index (χ2n) is 4.56. The van der Waals surface area contributed by atoms with Crippen molar-refractivity contribution < 1.29 is 9.53 Å². The van der Waals surface area contributed by atoms with Crippen LogP contribution in [0.1, 0.15) is 36.0 Å². The Morgan fingerprint density at radius 2 is 2.15 bits per heavy atom. The molecule has 0 fully saturated rings. The number of hydrogen-bond acceptors (Lipinski definition) is 3. The third-order valence-corrected chi connectivity index (χ3v) is 3.04. The van der Waals surface area contributed by atoms with Gasteiger partial charge in [0.25, 0.3) is 0 Å². The number of pyridine rings is 1. The van der Waals surface area contributed by atoms with Crippen molar-refractivity contribution in [1.29, 1.82) is 0 Å². The van der Waals surface area contributed by atoms with Crippen LogP contribution >= 0.6 is 0 Å². The maximum Gasteiger partial charge on any atom is 0.338 e. The Bertz CT molecular complexity index is 628. The molecule has 0 saturated heterocycles. The van der Waals surface area contributed by atoms with Gasteiger partial charge in [0.05, 0.1) is 17.7 Å². The summed E-state index contributed by atoms with van der Waals surface area (Å²) >= 11 is 0. The predicted molar refractivity (Wildman–Crippen MR) is 79.3 cm³/mol. The summed E-state index contributed by atoms with van der Waals surface area (Å²) in [5, 5.41) is 0.941. The minimum atomic E-state index is -0.285. The summed E-state index contributed by atoms with van der Waals surface area (Å²) in [5.41, 5.74) is 1.44. The van der Waals surface area contributed by atoms with E-state index in [4.69, 9.17) is 11.2 Å². The number of aromatic nitrogens is 1. The van der Waals surface area contributed by atoms with Gasteiger partial charge in [-0.05, 0) is 43.5 Å². The molecule has 0 unspecified atom stereocenters. The van der Waals surface area contributed by atoms with E-state index in [2.05, 4.69) is 10.9 Å². The number of hydrogen-bond donors (Lipinski definition) is 0. The molecule has 0 atom stereocenters. The zero-order valence-electron chi connectivity index (χ0n) is 11.3. The molecule has 0 amide bonds. The summed E-state index contributed by atoms with van der Waals surface area (Å²) in [6.45, 7) is 0.439. The molecule has 0 aliphatic heterocycles. The van der Waals surface area contributed by atoms with Crippen LogP contribution in [0.2, 0.25) is 0 Å². The summed E-state index contributed by atoms with van der Waals surface area (Å²) in [5.74, 6) is 2.31. The number of carbonyl (C=O) groups is 1. The van der Waals surface area contributed by atoms with Gasteiger partial charge < -0.3 is 4.74 Å². The molecule has 0 aliphatic carbocycles. The van der Waals surface area contributed by atoms with Gasteiger partial charge >= 0.3 is 5.97 Å². The van der Waals surface area contributed by atoms with Gasteiger partial charge in [0.2, 0.25) is 0 Å². The molecule has 3 nitrogen and oxygen atoms in total. The zero-order chi connectivity index (χ0) is 14.2. The number of benzene rings is 1. The smallest absolute Gasteiger partial charge is 0.338 e. The van der Waals surface area contributed by atoms with Gasteiger partial charge in [-0.3, -0.25) is 4.98 Å². The minimum Gasteiger partial charge on any atom is -0.462 e. The van der Waals surface area contributed by atoms with Crippen LogP contribution in [-0.4, -0.2) is 17.6 Å². The van der Waals surface area contributed by atoms with Crippen molar-refractivity contribution in [2.45, 2.75) is 25.7 Å². The highest BCUT2D eigenvalue weighted by molar-refractivity contribution is 5.94. The van der Waals surface area contributed by atoms with Gasteiger partial charge in [0.1, 0.15) is 0 Å². The number of fused-ring (bicyclic) bond motifs is 1. The van der Waals surface area contributed by atoms with Crippen LogP contribution < -0.4 is 0 Å². The standard InChI is InChI=1S/C17H17NO2/c1-2-3-4-5-6-12-20-17(19)15-9-10-16-14(13-15)8-7-11-18-16/h1,7-11,13H,3-6,12H2. The highest BCUT2D eigenvalue weighted by atomic mass is 16.5. The number of terminal acetylenes is 1. The first kappa shape index (κ1) is 14.1. The molecule has 0 radical (unpaired) electrons. The summed E-state index contributed by atoms with van der Waals surface area (Å²) in [6.07, 6.45) is 10.5. The second-order valence-corrected chi connectivity index (χ2v) is 4.56. The maximum atomic E-state index is 11.9. The van der Waals surface area contributed by atoms with Crippen LogP contribution in [0.5, 0.6) is 0 Å². The summed E-state index contributed by atoms with van der Waals surface area (Å²) < 4.78 is 5.25. The van der Waals surface area contributed by atoms with Crippen molar-refractivity contribution in [2.24, 2.45) is 0 Å². The van der Waals surface area contributed by atoms with E-state index in [-0.39, 0.29) is 5.97 Å². The number of nitrogens with zero attached hydrogens (tertiary/aromatic N) is 1. The summed E-state index contributed by atoms with van der Waals surface area (Å²) in [6, 6.07) is 9.17. The largest absolute Gasteiger partial charge is 0.462 e. The van der Waals surface area contributed by atoms with Gasteiger partial charge in [0, 0.05) is 18.0 Å². The topological polar surface area (TPSA) is 39.2 Å². The Morgan fingerprint density at radius 3 is 3.00 bits per heavy atom. The monoisotopic (exact) mass is 267 g/mol. The molecule has 0 aliphatic rings. The molecule has 0 bridgehead atoms. The lowest BCUT2D eigenvalue weighted by atomic mass is 10.1. The molecule has 20 heavy (non-hydrogen) atoms. The molecule has 0 N–H and O–H groups in total. The summed E-state index contributed by atoms with van der Waals surface area (Å²) in [7, 11) is 0. The van der Waals surface area contributed by atoms with E-state index in [0.717, 1.165) is 36.6 Å². The first-order chi connectivity index (χ1) is 9.81. The zero-order valence-corrected chi connectivity index (χ0v) is 11.3. The number of carbonyl (C=O) groups excluding carboxylic acids is 1. The molecule has 0 spiro atoms. The fourth-order valence-corrected chi connectivity index (χ4v) is 1.96. The average molecular weight is 267 g/mol. The molecular weight excluding hydrogens is 250 g/mol. The molecular formula is C17H17NO2. The fourth-order valence-electron chi connectivity index (χ4n) is 1.96. The third kappa shape index (κ3) is 3.83. The van der Waals surface area contributed by atoms with E-state index in [1.165, 1.54) is 0 Å². The predicted octanol–water partition coefficient (Wildman–Crippen LogP) is 3.59. The number of ether oxygens (including phenoxy) is 1. The Balaban J connectivity index is 1.86. The van der Waals surface area contributed by atoms with E-state index in [1.54, 1.807) is 12.3 Å². The fraction of sp³-hybridized carbons (Fsp3) is 0.294. The lowest BCUT2D eigenvalue weighted by Gasteiger charge is -2.05. The number of unbranched alkanes of at least 4 members (excludes halogenated alkanes) is 3. The highest BCUT2D eigenvalue weighted by Gasteiger charge is 2.07. The van der Waals surface area contributed by atoms with Crippen LogP contribution in [0, 0.1) is 12.3 Å². The lowest BCUT2D eigenvalue weighted by molar-refractivity contribution is 0.0498. The highest BCUT2D eigenvalue weighted by Crippen LogP contribution is 2.14. The van der Waals surface area contributed by atoms with Crippen molar-refractivity contribution in [2.75, 3.05) is 6.61 Å². The Kier molecular flexibility index (Phi) is 5.14. The van der Waals surface area contributed by atoms with Crippen molar-refractivity contribution >= 4 is 16.9 Å². The second kappa shape index (κ2) is 7.30. The molecule has 1 heterocycles. The Labute approximate surface area is 119 Å². The van der Waals surface area contributed by atoms with Gasteiger partial charge in [0.15, 0.2) is 0 Å². The van der Waals surface area contributed by atoms with E-state index in [1.807, 2.05) is 24.3 Å². The van der Waals surface area contributed by atoms with Crippen molar-refractivity contribution in [3.63, 3.8) is 0 Å². The van der Waals surface area contributed by atoms with E-state index in [0.29, 0.717) is 12.2 Å².